The Bertz CT molecular complexity index is 616. The number of hydrogen-bond donors (Lipinski definition) is 0. The van der Waals surface area contributed by atoms with Crippen LogP contribution < -0.4 is 5.76 Å². The van der Waals surface area contributed by atoms with E-state index in [2.05, 4.69) is 4.42 Å². The van der Waals surface area contributed by atoms with Crippen molar-refractivity contribution in [2.75, 3.05) is 0 Å². The van der Waals surface area contributed by atoms with Crippen LogP contribution in [0.1, 0.15) is 6.55 Å². The third-order valence-corrected chi connectivity index (χ3v) is 2.00. The summed E-state index contributed by atoms with van der Waals surface area (Å²) < 4.78 is 29.4. The van der Waals surface area contributed by atoms with Gasteiger partial charge in [-0.3, -0.25) is 10.1 Å². The molecule has 1 aromatic heterocycles. The van der Waals surface area contributed by atoms with Crippen LogP contribution in [0.4, 0.5) is 14.5 Å². The Kier molecular flexibility index (Phi) is 2.18. The molecule has 1 aromatic carbocycles. The highest BCUT2D eigenvalue weighted by molar-refractivity contribution is 5.75. The van der Waals surface area contributed by atoms with Gasteiger partial charge in [0.2, 0.25) is 0 Å². The van der Waals surface area contributed by atoms with Crippen LogP contribution in [-0.2, 0) is 0 Å². The predicted octanol–water partition coefficient (Wildman–Crippen LogP) is 1.90. The molecule has 8 heteroatoms. The molecule has 0 aliphatic carbocycles. The molecule has 0 saturated heterocycles. The zero-order chi connectivity index (χ0) is 11.9. The molecule has 2 aromatic rings. The minimum Gasteiger partial charge on any atom is -0.407 e. The van der Waals surface area contributed by atoms with Crippen LogP contribution >= 0.6 is 0 Å². The Labute approximate surface area is 85.8 Å². The van der Waals surface area contributed by atoms with Crippen LogP contribution in [0.25, 0.3) is 11.1 Å². The minimum absolute atomic E-state index is 0.124. The standard InChI is InChI=1S/C8H4F2N2O4/c9-7(10)11-5-2-1-4(12(14)15)3-6(5)16-8(11)13/h1-3,7H. The average molecular weight is 230 g/mol. The second-order valence-corrected chi connectivity index (χ2v) is 2.92. The Balaban J connectivity index is 2.75. The molecule has 0 spiro atoms. The molecular formula is C8H4F2N2O4. The maximum Gasteiger partial charge on any atom is 0.424 e. The summed E-state index contributed by atoms with van der Waals surface area (Å²) in [6, 6.07) is 3.00. The van der Waals surface area contributed by atoms with Crippen LogP contribution in [0, 0.1) is 10.1 Å². The summed E-state index contributed by atoms with van der Waals surface area (Å²) in [7, 11) is 0. The first kappa shape index (κ1) is 10.3. The predicted molar refractivity (Wildman–Crippen MR) is 48.4 cm³/mol. The van der Waals surface area contributed by atoms with Gasteiger partial charge < -0.3 is 4.42 Å². The van der Waals surface area contributed by atoms with Crippen molar-refractivity contribution in [2.45, 2.75) is 6.55 Å². The molecule has 0 saturated carbocycles. The number of nitrogens with zero attached hydrogens (tertiary/aromatic N) is 2. The van der Waals surface area contributed by atoms with Gasteiger partial charge in [-0.15, -0.1) is 0 Å². The van der Waals surface area contributed by atoms with Crippen molar-refractivity contribution in [3.05, 3.63) is 38.9 Å². The molecule has 0 unspecified atom stereocenters. The van der Waals surface area contributed by atoms with E-state index in [9.17, 15) is 23.7 Å². The Morgan fingerprint density at radius 3 is 2.69 bits per heavy atom. The number of hydrogen-bond acceptors (Lipinski definition) is 4. The zero-order valence-corrected chi connectivity index (χ0v) is 7.59. The SMILES string of the molecule is O=c1oc2cc([N+](=O)[O-])ccc2n1C(F)F. The zero-order valence-electron chi connectivity index (χ0n) is 7.59. The van der Waals surface area contributed by atoms with Crippen molar-refractivity contribution in [3.8, 4) is 0 Å². The summed E-state index contributed by atoms with van der Waals surface area (Å²) in [5.74, 6) is -1.24. The molecule has 1 heterocycles. The van der Waals surface area contributed by atoms with Crippen LogP contribution in [0.5, 0.6) is 0 Å². The average Bonchev–Trinajstić information content (AvgIpc) is 2.51. The number of alkyl halides is 2. The van der Waals surface area contributed by atoms with Gasteiger partial charge in [0.05, 0.1) is 16.5 Å². The van der Waals surface area contributed by atoms with Crippen LogP contribution in [0.15, 0.2) is 27.4 Å². The Morgan fingerprint density at radius 1 is 1.44 bits per heavy atom. The van der Waals surface area contributed by atoms with Gasteiger partial charge in [0.1, 0.15) is 0 Å². The number of oxazole rings is 1. The summed E-state index contributed by atoms with van der Waals surface area (Å²) in [4.78, 5) is 20.7. The van der Waals surface area contributed by atoms with E-state index in [1.54, 1.807) is 0 Å². The first-order valence-electron chi connectivity index (χ1n) is 4.08. The van der Waals surface area contributed by atoms with Crippen LogP contribution in [0.2, 0.25) is 0 Å². The van der Waals surface area contributed by atoms with Crippen molar-refractivity contribution >= 4 is 16.8 Å². The lowest BCUT2D eigenvalue weighted by molar-refractivity contribution is -0.384. The molecule has 0 N–H and O–H groups in total. The summed E-state index contributed by atoms with van der Waals surface area (Å²) in [6.45, 7) is -3.05. The molecule has 0 aliphatic heterocycles. The number of rotatable bonds is 2. The molecule has 0 atom stereocenters. The van der Waals surface area contributed by atoms with Gasteiger partial charge in [0, 0.05) is 6.07 Å². The Hall–Kier alpha value is -2.25. The number of aromatic nitrogens is 1. The van der Waals surface area contributed by atoms with Crippen molar-refractivity contribution in [3.63, 3.8) is 0 Å². The molecule has 0 amide bonds. The van der Waals surface area contributed by atoms with Crippen molar-refractivity contribution in [1.29, 1.82) is 0 Å². The monoisotopic (exact) mass is 230 g/mol. The quantitative estimate of drug-likeness (QED) is 0.583. The first-order valence-corrected chi connectivity index (χ1v) is 4.08. The number of benzene rings is 1. The molecular weight excluding hydrogens is 226 g/mol. The molecule has 0 bridgehead atoms. The van der Waals surface area contributed by atoms with Gasteiger partial charge in [0.15, 0.2) is 5.58 Å². The van der Waals surface area contributed by atoms with E-state index in [1.807, 2.05) is 0 Å². The van der Waals surface area contributed by atoms with Gasteiger partial charge in [-0.05, 0) is 6.07 Å². The van der Waals surface area contributed by atoms with E-state index >= 15 is 0 Å². The lowest BCUT2D eigenvalue weighted by Gasteiger charge is -1.97. The topological polar surface area (TPSA) is 78.3 Å². The van der Waals surface area contributed by atoms with Gasteiger partial charge in [-0.1, -0.05) is 0 Å². The highest BCUT2D eigenvalue weighted by Crippen LogP contribution is 2.22. The lowest BCUT2D eigenvalue weighted by atomic mass is 10.3. The number of nitro benzene ring substituents is 1. The van der Waals surface area contributed by atoms with E-state index in [1.165, 1.54) is 0 Å². The molecule has 84 valence electrons. The van der Waals surface area contributed by atoms with E-state index in [-0.39, 0.29) is 21.4 Å². The number of halogens is 2. The summed E-state index contributed by atoms with van der Waals surface area (Å²) in [5.41, 5.74) is -0.743. The maximum absolute atomic E-state index is 12.4. The number of non-ortho nitro benzene ring substituents is 1. The molecule has 2 rings (SSSR count). The normalized spacial score (nSPS) is 11.2. The van der Waals surface area contributed by atoms with Crippen molar-refractivity contribution < 1.29 is 18.1 Å². The van der Waals surface area contributed by atoms with Gasteiger partial charge in [0.25, 0.3) is 5.69 Å². The summed E-state index contributed by atoms with van der Waals surface area (Å²) in [6.07, 6.45) is 0. The summed E-state index contributed by atoms with van der Waals surface area (Å²) in [5, 5.41) is 10.4. The van der Waals surface area contributed by atoms with Crippen LogP contribution in [0.3, 0.4) is 0 Å². The third-order valence-electron chi connectivity index (χ3n) is 2.00. The smallest absolute Gasteiger partial charge is 0.407 e. The largest absolute Gasteiger partial charge is 0.424 e. The molecule has 0 aliphatic rings. The minimum atomic E-state index is -3.05. The third kappa shape index (κ3) is 1.44. The fourth-order valence-corrected chi connectivity index (χ4v) is 1.32. The fraction of sp³-hybridized carbons (Fsp3) is 0.125. The van der Waals surface area contributed by atoms with E-state index in [0.29, 0.717) is 0 Å². The second-order valence-electron chi connectivity index (χ2n) is 2.92. The fourth-order valence-electron chi connectivity index (χ4n) is 1.32. The highest BCUT2D eigenvalue weighted by atomic mass is 19.3. The van der Waals surface area contributed by atoms with Crippen LogP contribution in [-0.4, -0.2) is 9.49 Å². The van der Waals surface area contributed by atoms with Gasteiger partial charge in [-0.25, -0.2) is 9.36 Å². The van der Waals surface area contributed by atoms with E-state index in [4.69, 9.17) is 0 Å². The molecule has 0 fully saturated rings. The molecule has 6 nitrogen and oxygen atoms in total. The van der Waals surface area contributed by atoms with E-state index < -0.39 is 17.2 Å². The first-order chi connectivity index (χ1) is 7.50. The van der Waals surface area contributed by atoms with Crippen molar-refractivity contribution in [1.82, 2.24) is 4.57 Å². The van der Waals surface area contributed by atoms with Crippen molar-refractivity contribution in [2.24, 2.45) is 0 Å². The molecule has 0 radical (unpaired) electrons. The number of fused-ring (bicyclic) bond motifs is 1. The summed E-state index contributed by atoms with van der Waals surface area (Å²) >= 11 is 0. The van der Waals surface area contributed by atoms with Gasteiger partial charge >= 0.3 is 12.3 Å². The Morgan fingerprint density at radius 2 is 2.12 bits per heavy atom. The van der Waals surface area contributed by atoms with E-state index in [0.717, 1.165) is 18.2 Å². The maximum atomic E-state index is 12.4. The second kappa shape index (κ2) is 3.40. The highest BCUT2D eigenvalue weighted by Gasteiger charge is 2.18. The number of nitro groups is 1. The van der Waals surface area contributed by atoms with Gasteiger partial charge in [-0.2, -0.15) is 8.78 Å². The molecule has 16 heavy (non-hydrogen) atoms. The lowest BCUT2D eigenvalue weighted by Crippen LogP contribution is -2.14.